The molecule has 3 atom stereocenters. The van der Waals surface area contributed by atoms with Crippen molar-refractivity contribution < 1.29 is 4.92 Å². The van der Waals surface area contributed by atoms with Crippen molar-refractivity contribution in [2.24, 2.45) is 5.92 Å². The Hall–Kier alpha value is -2.04. The van der Waals surface area contributed by atoms with Gasteiger partial charge in [-0.15, -0.1) is 0 Å². The molecular formula is C18H14Cl2N2O2. The van der Waals surface area contributed by atoms with E-state index >= 15 is 0 Å². The second-order valence-electron chi connectivity index (χ2n) is 6.14. The number of nitrogens with one attached hydrogen (secondary N) is 1. The van der Waals surface area contributed by atoms with E-state index in [1.165, 1.54) is 0 Å². The van der Waals surface area contributed by atoms with Crippen LogP contribution in [0.15, 0.2) is 48.6 Å². The zero-order valence-electron chi connectivity index (χ0n) is 12.6. The van der Waals surface area contributed by atoms with Crippen LogP contribution in [-0.4, -0.2) is 4.92 Å². The Morgan fingerprint density at radius 1 is 1.21 bits per heavy atom. The monoisotopic (exact) mass is 360 g/mol. The zero-order valence-corrected chi connectivity index (χ0v) is 14.1. The summed E-state index contributed by atoms with van der Waals surface area (Å²) in [4.78, 5) is 11.1. The summed E-state index contributed by atoms with van der Waals surface area (Å²) >= 11 is 12.6. The minimum absolute atomic E-state index is 0.135. The summed E-state index contributed by atoms with van der Waals surface area (Å²) in [5.74, 6) is 0.327. The average molecular weight is 361 g/mol. The highest BCUT2D eigenvalue weighted by Gasteiger charge is 2.41. The summed E-state index contributed by atoms with van der Waals surface area (Å²) in [6.07, 6.45) is 5.12. The summed E-state index contributed by atoms with van der Waals surface area (Å²) < 4.78 is 0. The lowest BCUT2D eigenvalue weighted by molar-refractivity contribution is -0.385. The Labute approximate surface area is 149 Å². The third kappa shape index (κ3) is 2.38. The van der Waals surface area contributed by atoms with Crippen molar-refractivity contribution in [3.05, 3.63) is 79.8 Å². The van der Waals surface area contributed by atoms with E-state index in [1.54, 1.807) is 18.2 Å². The van der Waals surface area contributed by atoms with Gasteiger partial charge >= 0.3 is 0 Å². The van der Waals surface area contributed by atoms with Crippen LogP contribution in [0.4, 0.5) is 11.4 Å². The largest absolute Gasteiger partial charge is 0.377 e. The van der Waals surface area contributed by atoms with Crippen LogP contribution in [0.2, 0.25) is 10.0 Å². The van der Waals surface area contributed by atoms with Crippen LogP contribution >= 0.6 is 23.2 Å². The Morgan fingerprint density at radius 2 is 2.00 bits per heavy atom. The van der Waals surface area contributed by atoms with Crippen LogP contribution in [0.5, 0.6) is 0 Å². The minimum atomic E-state index is -0.325. The van der Waals surface area contributed by atoms with Gasteiger partial charge in [-0.25, -0.2) is 0 Å². The molecule has 0 radical (unpaired) electrons. The molecule has 4 rings (SSSR count). The summed E-state index contributed by atoms with van der Waals surface area (Å²) in [5, 5.41) is 16.1. The molecule has 4 nitrogen and oxygen atoms in total. The topological polar surface area (TPSA) is 55.2 Å². The number of nitrogens with zero attached hydrogens (tertiary/aromatic N) is 1. The normalized spacial score (nSPS) is 24.2. The van der Waals surface area contributed by atoms with Gasteiger partial charge in [0.25, 0.3) is 5.69 Å². The third-order valence-electron chi connectivity index (χ3n) is 4.85. The fourth-order valence-electron chi connectivity index (χ4n) is 3.87. The predicted octanol–water partition coefficient (Wildman–Crippen LogP) is 5.73. The zero-order chi connectivity index (χ0) is 16.8. The minimum Gasteiger partial charge on any atom is -0.377 e. The highest BCUT2D eigenvalue weighted by Crippen LogP contribution is 2.53. The molecule has 0 aromatic heterocycles. The standard InChI is InChI=1S/C18H14Cl2N2O2/c19-10-8-14(20)17-11-5-3-6-12(11)18(21-15(17)9-10)13-4-1-2-7-16(13)22(23)24/h1-5,7-9,11-12,18,21H,6H2. The van der Waals surface area contributed by atoms with E-state index in [0.717, 1.165) is 17.7 Å². The van der Waals surface area contributed by atoms with E-state index < -0.39 is 0 Å². The number of halogens is 2. The number of para-hydroxylation sites is 1. The number of benzene rings is 2. The first-order valence-corrected chi connectivity index (χ1v) is 8.47. The van der Waals surface area contributed by atoms with Crippen LogP contribution in [-0.2, 0) is 0 Å². The van der Waals surface area contributed by atoms with Gasteiger partial charge in [-0.05, 0) is 24.5 Å². The van der Waals surface area contributed by atoms with E-state index in [0.29, 0.717) is 15.6 Å². The van der Waals surface area contributed by atoms with Crippen molar-refractivity contribution in [2.45, 2.75) is 18.4 Å². The smallest absolute Gasteiger partial charge is 0.274 e. The average Bonchev–Trinajstić information content (AvgIpc) is 3.02. The van der Waals surface area contributed by atoms with Gasteiger partial charge in [0.15, 0.2) is 0 Å². The van der Waals surface area contributed by atoms with Crippen LogP contribution in [0, 0.1) is 16.0 Å². The first-order chi connectivity index (χ1) is 11.6. The molecule has 0 spiro atoms. The SMILES string of the molecule is O=[N+]([O-])c1ccccc1C1Nc2cc(Cl)cc(Cl)c2C2C=CCC21. The fourth-order valence-corrected chi connectivity index (χ4v) is 4.49. The molecule has 2 aromatic carbocycles. The van der Waals surface area contributed by atoms with Gasteiger partial charge in [0.1, 0.15) is 0 Å². The molecular weight excluding hydrogens is 347 g/mol. The van der Waals surface area contributed by atoms with Gasteiger partial charge in [0.2, 0.25) is 0 Å². The van der Waals surface area contributed by atoms with Gasteiger partial charge in [-0.2, -0.15) is 0 Å². The number of fused-ring (bicyclic) bond motifs is 3. The van der Waals surface area contributed by atoms with Crippen molar-refractivity contribution in [3.8, 4) is 0 Å². The molecule has 1 aliphatic carbocycles. The molecule has 2 aromatic rings. The molecule has 1 N–H and O–H groups in total. The quantitative estimate of drug-likeness (QED) is 0.422. The van der Waals surface area contributed by atoms with Crippen LogP contribution in [0.25, 0.3) is 0 Å². The van der Waals surface area contributed by atoms with Gasteiger partial charge < -0.3 is 5.32 Å². The maximum absolute atomic E-state index is 11.4. The van der Waals surface area contributed by atoms with E-state index in [1.807, 2.05) is 18.2 Å². The maximum atomic E-state index is 11.4. The molecule has 6 heteroatoms. The first-order valence-electron chi connectivity index (χ1n) is 7.71. The molecule has 0 saturated carbocycles. The predicted molar refractivity (Wildman–Crippen MR) is 95.9 cm³/mol. The van der Waals surface area contributed by atoms with Gasteiger partial charge in [0, 0.05) is 33.3 Å². The van der Waals surface area contributed by atoms with Crippen molar-refractivity contribution in [2.75, 3.05) is 5.32 Å². The summed E-state index contributed by atoms with van der Waals surface area (Å²) in [5.41, 5.74) is 2.71. The van der Waals surface area contributed by atoms with E-state index in [9.17, 15) is 10.1 Å². The van der Waals surface area contributed by atoms with Gasteiger partial charge in [-0.1, -0.05) is 53.6 Å². The second kappa shape index (κ2) is 5.80. The van der Waals surface area contributed by atoms with E-state index in [4.69, 9.17) is 23.2 Å². The van der Waals surface area contributed by atoms with Gasteiger partial charge in [-0.3, -0.25) is 10.1 Å². The summed E-state index contributed by atoms with van der Waals surface area (Å²) in [6.45, 7) is 0. The van der Waals surface area contributed by atoms with Gasteiger partial charge in [0.05, 0.1) is 16.5 Å². The van der Waals surface area contributed by atoms with Crippen LogP contribution in [0.1, 0.15) is 29.5 Å². The summed E-state index contributed by atoms with van der Waals surface area (Å²) in [7, 11) is 0. The number of nitro groups is 1. The number of hydrogen-bond acceptors (Lipinski definition) is 3. The molecule has 24 heavy (non-hydrogen) atoms. The molecule has 2 aliphatic rings. The second-order valence-corrected chi connectivity index (χ2v) is 6.98. The Kier molecular flexibility index (Phi) is 3.74. The van der Waals surface area contributed by atoms with Crippen molar-refractivity contribution in [3.63, 3.8) is 0 Å². The molecule has 122 valence electrons. The highest BCUT2D eigenvalue weighted by molar-refractivity contribution is 6.35. The third-order valence-corrected chi connectivity index (χ3v) is 5.38. The Balaban J connectivity index is 1.86. The van der Waals surface area contributed by atoms with Crippen molar-refractivity contribution >= 4 is 34.6 Å². The molecule has 0 amide bonds. The highest BCUT2D eigenvalue weighted by atomic mass is 35.5. The lowest BCUT2D eigenvalue weighted by atomic mass is 9.76. The molecule has 0 bridgehead atoms. The molecule has 3 unspecified atom stereocenters. The van der Waals surface area contributed by atoms with Crippen molar-refractivity contribution in [1.29, 1.82) is 0 Å². The first kappa shape index (κ1) is 15.5. The fraction of sp³-hybridized carbons (Fsp3) is 0.222. The number of nitro benzene ring substituents is 1. The Bertz CT molecular complexity index is 866. The van der Waals surface area contributed by atoms with E-state index in [2.05, 4.69) is 17.5 Å². The lowest BCUT2D eigenvalue weighted by Gasteiger charge is -2.37. The summed E-state index contributed by atoms with van der Waals surface area (Å²) in [6, 6.07) is 10.3. The van der Waals surface area contributed by atoms with E-state index in [-0.39, 0.29) is 28.5 Å². The number of hydrogen-bond donors (Lipinski definition) is 1. The maximum Gasteiger partial charge on any atom is 0.274 e. The van der Waals surface area contributed by atoms with Crippen LogP contribution < -0.4 is 5.32 Å². The molecule has 0 saturated heterocycles. The van der Waals surface area contributed by atoms with Crippen molar-refractivity contribution in [1.82, 2.24) is 0 Å². The molecule has 1 aliphatic heterocycles. The molecule has 1 heterocycles. The van der Waals surface area contributed by atoms with Crippen LogP contribution in [0.3, 0.4) is 0 Å². The lowest BCUT2D eigenvalue weighted by Crippen LogP contribution is -2.29. The number of rotatable bonds is 2. The Morgan fingerprint density at radius 3 is 2.79 bits per heavy atom. The number of anilines is 1. The molecule has 0 fully saturated rings. The number of allylic oxidation sites excluding steroid dienone is 2.